The number of thiazole rings is 1. The molecule has 0 aliphatic carbocycles. The highest BCUT2D eigenvalue weighted by Crippen LogP contribution is 2.28. The van der Waals surface area contributed by atoms with Crippen molar-refractivity contribution < 1.29 is 4.74 Å². The van der Waals surface area contributed by atoms with E-state index in [1.54, 1.807) is 18.4 Å². The quantitative estimate of drug-likeness (QED) is 0.672. The van der Waals surface area contributed by atoms with Gasteiger partial charge in [0.05, 0.1) is 12.3 Å². The van der Waals surface area contributed by atoms with Crippen molar-refractivity contribution in [2.75, 3.05) is 25.6 Å². The van der Waals surface area contributed by atoms with Crippen molar-refractivity contribution in [2.45, 2.75) is 59.2 Å². The molecule has 0 saturated carbocycles. The third kappa shape index (κ3) is 5.04. The van der Waals surface area contributed by atoms with Crippen molar-refractivity contribution in [3.8, 4) is 0 Å². The predicted molar refractivity (Wildman–Crippen MR) is 87.6 cm³/mol. The van der Waals surface area contributed by atoms with Gasteiger partial charge < -0.3 is 15.0 Å². The number of anilines is 1. The Kier molecular flexibility index (Phi) is 8.11. The number of hydrogen-bond acceptors (Lipinski definition) is 5. The van der Waals surface area contributed by atoms with Crippen molar-refractivity contribution in [1.29, 1.82) is 0 Å². The van der Waals surface area contributed by atoms with Gasteiger partial charge in [-0.05, 0) is 27.3 Å². The molecular weight excluding hydrogens is 270 g/mol. The van der Waals surface area contributed by atoms with E-state index in [4.69, 9.17) is 9.72 Å². The zero-order valence-electron chi connectivity index (χ0n) is 13.5. The Hall–Kier alpha value is -0.650. The molecule has 1 aromatic heterocycles. The Balaban J connectivity index is 2.86. The Bertz CT molecular complexity index is 356. The lowest BCUT2D eigenvalue weighted by atomic mass is 10.2. The molecule has 0 aliphatic rings. The van der Waals surface area contributed by atoms with Gasteiger partial charge in [0.1, 0.15) is 0 Å². The fourth-order valence-corrected chi connectivity index (χ4v) is 3.38. The maximum Gasteiger partial charge on any atom is 0.186 e. The second-order valence-electron chi connectivity index (χ2n) is 5.32. The summed E-state index contributed by atoms with van der Waals surface area (Å²) in [5.74, 6) is 0. The first kappa shape index (κ1) is 17.4. The van der Waals surface area contributed by atoms with Gasteiger partial charge in [-0.25, -0.2) is 4.98 Å². The van der Waals surface area contributed by atoms with E-state index in [1.807, 2.05) is 7.05 Å². The van der Waals surface area contributed by atoms with Crippen LogP contribution in [-0.4, -0.2) is 31.7 Å². The summed E-state index contributed by atoms with van der Waals surface area (Å²) >= 11 is 1.79. The van der Waals surface area contributed by atoms with Crippen LogP contribution in [0.2, 0.25) is 0 Å². The first-order chi connectivity index (χ1) is 9.63. The molecular formula is C15H29N3OS. The number of nitrogens with one attached hydrogen (secondary N) is 1. The lowest BCUT2D eigenvalue weighted by Crippen LogP contribution is -2.31. The average molecular weight is 299 g/mol. The molecule has 0 bridgehead atoms. The van der Waals surface area contributed by atoms with E-state index in [-0.39, 0.29) is 0 Å². The van der Waals surface area contributed by atoms with Crippen LogP contribution < -0.4 is 10.2 Å². The number of methoxy groups -OCH3 is 1. The van der Waals surface area contributed by atoms with Crippen LogP contribution in [-0.2, 0) is 17.9 Å². The molecule has 0 spiro atoms. The van der Waals surface area contributed by atoms with Gasteiger partial charge >= 0.3 is 0 Å². The van der Waals surface area contributed by atoms with Gasteiger partial charge in [-0.1, -0.05) is 19.8 Å². The van der Waals surface area contributed by atoms with Gasteiger partial charge in [-0.2, -0.15) is 0 Å². The van der Waals surface area contributed by atoms with Crippen LogP contribution in [0.25, 0.3) is 0 Å². The predicted octanol–water partition coefficient (Wildman–Crippen LogP) is 3.41. The Morgan fingerprint density at radius 3 is 2.65 bits per heavy atom. The molecule has 4 nitrogen and oxygen atoms in total. The molecule has 20 heavy (non-hydrogen) atoms. The fourth-order valence-electron chi connectivity index (χ4n) is 2.15. The molecule has 116 valence electrons. The standard InChI is InChI=1S/C15H29N3OS/c1-6-7-8-9-18(12(2)3)15-17-13(11-19-5)14(20-15)10-16-4/h12,16H,6-11H2,1-5H3. The smallest absolute Gasteiger partial charge is 0.186 e. The summed E-state index contributed by atoms with van der Waals surface area (Å²) in [5.41, 5.74) is 1.07. The van der Waals surface area contributed by atoms with E-state index in [0.717, 1.165) is 23.9 Å². The lowest BCUT2D eigenvalue weighted by molar-refractivity contribution is 0.181. The van der Waals surface area contributed by atoms with Crippen molar-refractivity contribution >= 4 is 16.5 Å². The summed E-state index contributed by atoms with van der Waals surface area (Å²) in [4.78, 5) is 8.50. The summed E-state index contributed by atoms with van der Waals surface area (Å²) in [5, 5.41) is 4.35. The average Bonchev–Trinajstić information content (AvgIpc) is 2.78. The van der Waals surface area contributed by atoms with Crippen LogP contribution in [0.1, 0.15) is 50.6 Å². The maximum atomic E-state index is 5.26. The Morgan fingerprint density at radius 1 is 1.35 bits per heavy atom. The molecule has 0 fully saturated rings. The van der Waals surface area contributed by atoms with Crippen LogP contribution >= 0.6 is 11.3 Å². The molecule has 0 atom stereocenters. The molecule has 0 aliphatic heterocycles. The van der Waals surface area contributed by atoms with E-state index in [1.165, 1.54) is 24.1 Å². The van der Waals surface area contributed by atoms with E-state index in [0.29, 0.717) is 12.6 Å². The van der Waals surface area contributed by atoms with Gasteiger partial charge in [0.15, 0.2) is 5.13 Å². The third-order valence-electron chi connectivity index (χ3n) is 3.26. The molecule has 1 heterocycles. The third-order valence-corrected chi connectivity index (χ3v) is 4.39. The van der Waals surface area contributed by atoms with Crippen LogP contribution in [0, 0.1) is 0 Å². The van der Waals surface area contributed by atoms with Crippen LogP contribution in [0.15, 0.2) is 0 Å². The summed E-state index contributed by atoms with van der Waals surface area (Å²) < 4.78 is 5.26. The van der Waals surface area contributed by atoms with Crippen molar-refractivity contribution in [2.24, 2.45) is 0 Å². The van der Waals surface area contributed by atoms with Gasteiger partial charge in [0.2, 0.25) is 0 Å². The van der Waals surface area contributed by atoms with Gasteiger partial charge in [-0.3, -0.25) is 0 Å². The number of nitrogens with zero attached hydrogens (tertiary/aromatic N) is 2. The molecule has 0 amide bonds. The monoisotopic (exact) mass is 299 g/mol. The van der Waals surface area contributed by atoms with Crippen LogP contribution in [0.3, 0.4) is 0 Å². The largest absolute Gasteiger partial charge is 0.378 e. The first-order valence-electron chi connectivity index (χ1n) is 7.52. The normalized spacial score (nSPS) is 11.3. The SMILES string of the molecule is CCCCCN(c1nc(COC)c(CNC)s1)C(C)C. The Morgan fingerprint density at radius 2 is 2.10 bits per heavy atom. The number of unbranched alkanes of at least 4 members (excludes halogenated alkanes) is 2. The summed E-state index contributed by atoms with van der Waals surface area (Å²) in [6.45, 7) is 9.25. The molecule has 5 heteroatoms. The van der Waals surface area contributed by atoms with E-state index in [2.05, 4.69) is 31.0 Å². The summed E-state index contributed by atoms with van der Waals surface area (Å²) in [6.07, 6.45) is 3.77. The lowest BCUT2D eigenvalue weighted by Gasteiger charge is -2.26. The fraction of sp³-hybridized carbons (Fsp3) is 0.800. The topological polar surface area (TPSA) is 37.4 Å². The number of ether oxygens (including phenoxy) is 1. The summed E-state index contributed by atoms with van der Waals surface area (Å²) in [7, 11) is 3.70. The molecule has 0 radical (unpaired) electrons. The highest BCUT2D eigenvalue weighted by atomic mass is 32.1. The van der Waals surface area contributed by atoms with Gasteiger partial charge in [0.25, 0.3) is 0 Å². The minimum Gasteiger partial charge on any atom is -0.378 e. The second-order valence-corrected chi connectivity index (χ2v) is 6.39. The zero-order chi connectivity index (χ0) is 15.0. The molecule has 0 aromatic carbocycles. The molecule has 1 rings (SSSR count). The number of hydrogen-bond donors (Lipinski definition) is 1. The minimum absolute atomic E-state index is 0.482. The van der Waals surface area contributed by atoms with Crippen LogP contribution in [0.4, 0.5) is 5.13 Å². The van der Waals surface area contributed by atoms with E-state index >= 15 is 0 Å². The van der Waals surface area contributed by atoms with E-state index in [9.17, 15) is 0 Å². The molecule has 1 aromatic rings. The van der Waals surface area contributed by atoms with Crippen LogP contribution in [0.5, 0.6) is 0 Å². The molecule has 1 N–H and O–H groups in total. The summed E-state index contributed by atoms with van der Waals surface area (Å²) in [6, 6.07) is 0.482. The van der Waals surface area contributed by atoms with Crippen molar-refractivity contribution in [3.05, 3.63) is 10.6 Å². The second kappa shape index (κ2) is 9.32. The van der Waals surface area contributed by atoms with Crippen molar-refractivity contribution in [3.63, 3.8) is 0 Å². The number of aromatic nitrogens is 1. The highest BCUT2D eigenvalue weighted by molar-refractivity contribution is 7.15. The highest BCUT2D eigenvalue weighted by Gasteiger charge is 2.17. The maximum absolute atomic E-state index is 5.26. The van der Waals surface area contributed by atoms with E-state index < -0.39 is 0 Å². The van der Waals surface area contributed by atoms with Crippen molar-refractivity contribution in [1.82, 2.24) is 10.3 Å². The minimum atomic E-state index is 0.482. The van der Waals surface area contributed by atoms with Gasteiger partial charge in [-0.15, -0.1) is 11.3 Å². The Labute approximate surface area is 127 Å². The molecule has 0 saturated heterocycles. The first-order valence-corrected chi connectivity index (χ1v) is 8.34. The number of rotatable bonds is 10. The van der Waals surface area contributed by atoms with Gasteiger partial charge in [0, 0.05) is 31.1 Å². The zero-order valence-corrected chi connectivity index (χ0v) is 14.3. The molecule has 0 unspecified atom stereocenters.